The third-order valence-electron chi connectivity index (χ3n) is 7.26. The lowest BCUT2D eigenvalue weighted by Crippen LogP contribution is -2.69. The first-order valence-corrected chi connectivity index (χ1v) is 11.2. The normalized spacial score (nSPS) is 27.3. The van der Waals surface area contributed by atoms with Crippen LogP contribution in [0.2, 0.25) is 0 Å². The highest BCUT2D eigenvalue weighted by Gasteiger charge is 2.59. The molecule has 0 saturated heterocycles. The van der Waals surface area contributed by atoms with Crippen LogP contribution in [0.4, 0.5) is 0 Å². The van der Waals surface area contributed by atoms with Gasteiger partial charge in [0.1, 0.15) is 12.4 Å². The Morgan fingerprint density at radius 2 is 1.96 bits per heavy atom. The molecule has 1 spiro atoms. The first-order chi connectivity index (χ1) is 13.6. The SMILES string of the molecule is CCOC1CC(NC(=NCc2nnc(C)n2C)NC2CCCCC2)C12CCC2. The van der Waals surface area contributed by atoms with E-state index in [0.29, 0.717) is 30.1 Å². The summed E-state index contributed by atoms with van der Waals surface area (Å²) in [6.45, 7) is 5.44. The minimum Gasteiger partial charge on any atom is -0.378 e. The van der Waals surface area contributed by atoms with E-state index in [-0.39, 0.29) is 0 Å². The second-order valence-electron chi connectivity index (χ2n) is 8.83. The number of guanidine groups is 1. The lowest BCUT2D eigenvalue weighted by molar-refractivity contribution is -0.168. The van der Waals surface area contributed by atoms with Crippen LogP contribution in [-0.2, 0) is 18.3 Å². The largest absolute Gasteiger partial charge is 0.378 e. The number of aromatic nitrogens is 3. The van der Waals surface area contributed by atoms with E-state index in [1.165, 1.54) is 51.4 Å². The van der Waals surface area contributed by atoms with E-state index in [2.05, 4.69) is 27.8 Å². The Balaban J connectivity index is 1.45. The van der Waals surface area contributed by atoms with Gasteiger partial charge in [0.2, 0.25) is 0 Å². The molecule has 1 heterocycles. The number of ether oxygens (including phenoxy) is 1. The Labute approximate surface area is 168 Å². The maximum Gasteiger partial charge on any atom is 0.192 e. The molecule has 28 heavy (non-hydrogen) atoms. The Morgan fingerprint density at radius 3 is 2.57 bits per heavy atom. The molecule has 7 heteroatoms. The first-order valence-electron chi connectivity index (χ1n) is 11.2. The minimum absolute atomic E-state index is 0.326. The van der Waals surface area contributed by atoms with Crippen LogP contribution in [0.3, 0.4) is 0 Å². The molecule has 0 radical (unpaired) electrons. The van der Waals surface area contributed by atoms with E-state index in [9.17, 15) is 0 Å². The maximum absolute atomic E-state index is 6.02. The molecule has 3 saturated carbocycles. The van der Waals surface area contributed by atoms with Gasteiger partial charge in [0.05, 0.1) is 6.10 Å². The molecule has 3 aliphatic carbocycles. The maximum atomic E-state index is 6.02. The summed E-state index contributed by atoms with van der Waals surface area (Å²) in [5.74, 6) is 2.77. The molecule has 0 amide bonds. The van der Waals surface area contributed by atoms with Crippen molar-refractivity contribution in [3.63, 3.8) is 0 Å². The molecule has 1 aromatic rings. The van der Waals surface area contributed by atoms with Crippen molar-refractivity contribution >= 4 is 5.96 Å². The number of rotatable bonds is 6. The topological polar surface area (TPSA) is 76.4 Å². The summed E-state index contributed by atoms with van der Waals surface area (Å²) < 4.78 is 8.04. The second-order valence-corrected chi connectivity index (χ2v) is 8.83. The van der Waals surface area contributed by atoms with Gasteiger partial charge >= 0.3 is 0 Å². The molecule has 3 aliphatic rings. The summed E-state index contributed by atoms with van der Waals surface area (Å²) in [5, 5.41) is 15.9. The minimum atomic E-state index is 0.326. The third kappa shape index (κ3) is 3.78. The summed E-state index contributed by atoms with van der Waals surface area (Å²) in [5.41, 5.74) is 0.326. The zero-order valence-electron chi connectivity index (χ0n) is 17.7. The van der Waals surface area contributed by atoms with Crippen LogP contribution in [-0.4, -0.2) is 45.5 Å². The summed E-state index contributed by atoms with van der Waals surface area (Å²) in [6, 6.07) is 0.996. The van der Waals surface area contributed by atoms with Crippen LogP contribution in [0.15, 0.2) is 4.99 Å². The van der Waals surface area contributed by atoms with E-state index >= 15 is 0 Å². The standard InChI is InChI=1S/C21H36N6O/c1-4-28-18-13-17(21(18)11-8-12-21)24-20(23-16-9-6-5-7-10-16)22-14-19-26-25-15(2)27(19)3/h16-18H,4-14H2,1-3H3,(H2,22,23,24). The zero-order chi connectivity index (χ0) is 19.6. The van der Waals surface area contributed by atoms with E-state index in [1.807, 2.05) is 18.5 Å². The van der Waals surface area contributed by atoms with Crippen molar-refractivity contribution in [3.05, 3.63) is 11.6 Å². The quantitative estimate of drug-likeness (QED) is 0.579. The molecule has 4 rings (SSSR count). The van der Waals surface area contributed by atoms with Gasteiger partial charge in [-0.15, -0.1) is 10.2 Å². The summed E-state index contributed by atoms with van der Waals surface area (Å²) >= 11 is 0. The van der Waals surface area contributed by atoms with E-state index in [1.54, 1.807) is 0 Å². The predicted molar refractivity (Wildman–Crippen MR) is 110 cm³/mol. The molecule has 2 unspecified atom stereocenters. The molecule has 2 N–H and O–H groups in total. The van der Waals surface area contributed by atoms with Crippen molar-refractivity contribution in [2.45, 2.75) is 96.4 Å². The highest BCUT2D eigenvalue weighted by Crippen LogP contribution is 2.57. The van der Waals surface area contributed by atoms with Crippen molar-refractivity contribution in [1.29, 1.82) is 0 Å². The fourth-order valence-electron chi connectivity index (χ4n) is 5.12. The van der Waals surface area contributed by atoms with Gasteiger partial charge in [0, 0.05) is 31.2 Å². The zero-order valence-corrected chi connectivity index (χ0v) is 17.7. The van der Waals surface area contributed by atoms with Crippen LogP contribution in [0.5, 0.6) is 0 Å². The van der Waals surface area contributed by atoms with Gasteiger partial charge < -0.3 is 19.9 Å². The number of aliphatic imine (C=N–C) groups is 1. The fourth-order valence-corrected chi connectivity index (χ4v) is 5.12. The van der Waals surface area contributed by atoms with Gasteiger partial charge in [-0.05, 0) is 46.0 Å². The molecule has 0 aliphatic heterocycles. The van der Waals surface area contributed by atoms with Gasteiger partial charge in [-0.3, -0.25) is 0 Å². The lowest BCUT2D eigenvalue weighted by Gasteiger charge is -2.61. The van der Waals surface area contributed by atoms with Gasteiger partial charge in [-0.25, -0.2) is 4.99 Å². The Kier molecular flexibility index (Phi) is 5.90. The third-order valence-corrected chi connectivity index (χ3v) is 7.26. The molecule has 3 fully saturated rings. The van der Waals surface area contributed by atoms with Gasteiger partial charge in [0.25, 0.3) is 0 Å². The lowest BCUT2D eigenvalue weighted by atomic mass is 9.51. The monoisotopic (exact) mass is 388 g/mol. The van der Waals surface area contributed by atoms with Gasteiger partial charge in [-0.2, -0.15) is 0 Å². The predicted octanol–water partition coefficient (Wildman–Crippen LogP) is 2.84. The molecule has 1 aromatic heterocycles. The summed E-state index contributed by atoms with van der Waals surface area (Å²) in [4.78, 5) is 4.91. The molecule has 0 bridgehead atoms. The smallest absolute Gasteiger partial charge is 0.192 e. The molecule has 2 atom stereocenters. The number of nitrogens with zero attached hydrogens (tertiary/aromatic N) is 4. The van der Waals surface area contributed by atoms with Crippen LogP contribution >= 0.6 is 0 Å². The van der Waals surface area contributed by atoms with E-state index < -0.39 is 0 Å². The van der Waals surface area contributed by atoms with Crippen molar-refractivity contribution in [2.24, 2.45) is 17.5 Å². The van der Waals surface area contributed by atoms with Gasteiger partial charge in [0.15, 0.2) is 11.8 Å². The Hall–Kier alpha value is -1.63. The number of hydrogen-bond acceptors (Lipinski definition) is 4. The Bertz CT molecular complexity index is 689. The van der Waals surface area contributed by atoms with Crippen molar-refractivity contribution in [3.8, 4) is 0 Å². The molecule has 7 nitrogen and oxygen atoms in total. The van der Waals surface area contributed by atoms with Crippen LogP contribution in [0.1, 0.15) is 76.4 Å². The van der Waals surface area contributed by atoms with Crippen LogP contribution < -0.4 is 10.6 Å². The molecule has 0 aromatic carbocycles. The first kappa shape index (κ1) is 19.7. The molecular weight excluding hydrogens is 352 g/mol. The number of nitrogens with one attached hydrogen (secondary N) is 2. The molecule has 156 valence electrons. The highest BCUT2D eigenvalue weighted by molar-refractivity contribution is 5.80. The van der Waals surface area contributed by atoms with E-state index in [0.717, 1.165) is 30.6 Å². The average molecular weight is 389 g/mol. The van der Waals surface area contributed by atoms with Crippen molar-refractivity contribution < 1.29 is 4.74 Å². The highest BCUT2D eigenvalue weighted by atomic mass is 16.5. The number of hydrogen-bond donors (Lipinski definition) is 2. The van der Waals surface area contributed by atoms with Crippen LogP contribution in [0, 0.1) is 12.3 Å². The average Bonchev–Trinajstić information content (AvgIpc) is 2.96. The fraction of sp³-hybridized carbons (Fsp3) is 0.857. The van der Waals surface area contributed by atoms with Crippen molar-refractivity contribution in [1.82, 2.24) is 25.4 Å². The molecular formula is C21H36N6O. The summed E-state index contributed by atoms with van der Waals surface area (Å²) in [7, 11) is 2.00. The summed E-state index contributed by atoms with van der Waals surface area (Å²) in [6.07, 6.45) is 11.8. The van der Waals surface area contributed by atoms with Crippen molar-refractivity contribution in [2.75, 3.05) is 6.61 Å². The Morgan fingerprint density at radius 1 is 1.18 bits per heavy atom. The number of aryl methyl sites for hydroxylation is 1. The van der Waals surface area contributed by atoms with Crippen LogP contribution in [0.25, 0.3) is 0 Å². The second kappa shape index (κ2) is 8.39. The van der Waals surface area contributed by atoms with E-state index in [4.69, 9.17) is 9.73 Å². The van der Waals surface area contributed by atoms with Gasteiger partial charge in [-0.1, -0.05) is 25.7 Å².